The Morgan fingerprint density at radius 1 is 1.12 bits per heavy atom. The van der Waals surface area contributed by atoms with Gasteiger partial charge in [0.2, 0.25) is 0 Å². The minimum Gasteiger partial charge on any atom is -0.345 e. The molecule has 0 amide bonds. The molecule has 1 saturated carbocycles. The lowest BCUT2D eigenvalue weighted by Crippen LogP contribution is -2.28. The number of hydrogen-bond donors (Lipinski definition) is 1. The van der Waals surface area contributed by atoms with Gasteiger partial charge in [-0.2, -0.15) is 0 Å². The van der Waals surface area contributed by atoms with E-state index in [9.17, 15) is 0 Å². The molecule has 1 aliphatic heterocycles. The predicted octanol–water partition coefficient (Wildman–Crippen LogP) is 2.13. The summed E-state index contributed by atoms with van der Waals surface area (Å²) in [6.45, 7) is 2.46. The average molecular weight is 227 g/mol. The van der Waals surface area contributed by atoms with Crippen LogP contribution in [0.1, 0.15) is 24.0 Å². The van der Waals surface area contributed by atoms with Crippen LogP contribution in [0, 0.1) is 0 Å². The van der Waals surface area contributed by atoms with Crippen LogP contribution in [0.25, 0.3) is 11.0 Å². The molecule has 1 aromatic carbocycles. The molecule has 17 heavy (non-hydrogen) atoms. The maximum Gasteiger partial charge on any atom is 0.0931 e. The van der Waals surface area contributed by atoms with Crippen LogP contribution in [0.3, 0.4) is 0 Å². The molecule has 1 fully saturated rings. The third-order valence-electron chi connectivity index (χ3n) is 4.14. The summed E-state index contributed by atoms with van der Waals surface area (Å²) in [4.78, 5) is 10.2. The van der Waals surface area contributed by atoms with Crippen molar-refractivity contribution in [2.24, 2.45) is 0 Å². The second-order valence-electron chi connectivity index (χ2n) is 5.31. The van der Waals surface area contributed by atoms with E-state index in [1.165, 1.54) is 55.4 Å². The third-order valence-corrected chi connectivity index (χ3v) is 4.14. The minimum atomic E-state index is 0.896. The van der Waals surface area contributed by atoms with E-state index in [-0.39, 0.29) is 0 Å². The van der Waals surface area contributed by atoms with Crippen LogP contribution >= 0.6 is 0 Å². The molecule has 88 valence electrons. The number of aromatic amines is 1. The van der Waals surface area contributed by atoms with Gasteiger partial charge in [0.1, 0.15) is 0 Å². The van der Waals surface area contributed by atoms with Gasteiger partial charge in [0, 0.05) is 19.1 Å². The molecule has 1 aliphatic carbocycles. The van der Waals surface area contributed by atoms with Crippen molar-refractivity contribution in [2.45, 2.75) is 31.7 Å². The molecule has 0 atom stereocenters. The maximum atomic E-state index is 4.35. The first-order valence-corrected chi connectivity index (χ1v) is 6.59. The molecule has 1 aromatic heterocycles. The van der Waals surface area contributed by atoms with Gasteiger partial charge < -0.3 is 4.98 Å². The van der Waals surface area contributed by atoms with Gasteiger partial charge in [-0.15, -0.1) is 0 Å². The quantitative estimate of drug-likeness (QED) is 0.809. The molecule has 2 aliphatic rings. The summed E-state index contributed by atoms with van der Waals surface area (Å²) in [7, 11) is 0. The first-order chi connectivity index (χ1) is 8.40. The van der Waals surface area contributed by atoms with E-state index in [4.69, 9.17) is 0 Å². The van der Waals surface area contributed by atoms with Gasteiger partial charge >= 0.3 is 0 Å². The fourth-order valence-corrected chi connectivity index (χ4v) is 2.98. The number of benzene rings is 1. The van der Waals surface area contributed by atoms with E-state index >= 15 is 0 Å². The summed E-state index contributed by atoms with van der Waals surface area (Å²) in [5.41, 5.74) is 5.32. The Morgan fingerprint density at radius 3 is 2.65 bits per heavy atom. The number of H-pyrrole nitrogens is 1. The van der Waals surface area contributed by atoms with E-state index in [1.807, 2.05) is 0 Å². The van der Waals surface area contributed by atoms with E-state index in [2.05, 4.69) is 27.0 Å². The maximum absolute atomic E-state index is 4.35. The van der Waals surface area contributed by atoms with Crippen LogP contribution < -0.4 is 0 Å². The standard InChI is InChI=1S/C14H17N3/c1-2-12(1)17-5-3-10-7-13-14(16-9-15-13)8-11(10)4-6-17/h7-9,12H,1-6H2,(H,15,16). The molecular weight excluding hydrogens is 210 g/mol. The summed E-state index contributed by atoms with van der Waals surface area (Å²) in [5.74, 6) is 0. The van der Waals surface area contributed by atoms with Crippen molar-refractivity contribution < 1.29 is 0 Å². The fourth-order valence-electron chi connectivity index (χ4n) is 2.98. The number of fused-ring (bicyclic) bond motifs is 2. The van der Waals surface area contributed by atoms with Gasteiger partial charge in [0.15, 0.2) is 0 Å². The van der Waals surface area contributed by atoms with Crippen LogP contribution in [0.15, 0.2) is 18.5 Å². The molecule has 0 spiro atoms. The zero-order chi connectivity index (χ0) is 11.2. The minimum absolute atomic E-state index is 0.896. The molecule has 1 N–H and O–H groups in total. The normalized spacial score (nSPS) is 21.4. The summed E-state index contributed by atoms with van der Waals surface area (Å²) in [6.07, 6.45) is 7.01. The van der Waals surface area contributed by atoms with E-state index in [1.54, 1.807) is 6.33 Å². The van der Waals surface area contributed by atoms with E-state index in [0.29, 0.717) is 0 Å². The van der Waals surface area contributed by atoms with Crippen molar-refractivity contribution in [3.63, 3.8) is 0 Å². The number of hydrogen-bond acceptors (Lipinski definition) is 2. The molecule has 0 unspecified atom stereocenters. The predicted molar refractivity (Wildman–Crippen MR) is 68.1 cm³/mol. The monoisotopic (exact) mass is 227 g/mol. The van der Waals surface area contributed by atoms with Crippen LogP contribution in [0.5, 0.6) is 0 Å². The topological polar surface area (TPSA) is 31.9 Å². The van der Waals surface area contributed by atoms with Gasteiger partial charge in [0.25, 0.3) is 0 Å². The van der Waals surface area contributed by atoms with Crippen LogP contribution in [0.2, 0.25) is 0 Å². The Kier molecular flexibility index (Phi) is 2.03. The Morgan fingerprint density at radius 2 is 1.88 bits per heavy atom. The highest BCUT2D eigenvalue weighted by Crippen LogP contribution is 2.29. The Bertz CT molecular complexity index is 512. The highest BCUT2D eigenvalue weighted by Gasteiger charge is 2.29. The molecule has 0 bridgehead atoms. The number of nitrogens with zero attached hydrogens (tertiary/aromatic N) is 2. The van der Waals surface area contributed by atoms with Crippen molar-refractivity contribution in [1.29, 1.82) is 0 Å². The summed E-state index contributed by atoms with van der Waals surface area (Å²) >= 11 is 0. The van der Waals surface area contributed by atoms with Gasteiger partial charge in [-0.3, -0.25) is 4.90 Å². The molecule has 0 saturated heterocycles. The zero-order valence-electron chi connectivity index (χ0n) is 9.95. The zero-order valence-corrected chi connectivity index (χ0v) is 9.95. The Labute approximate surface area is 101 Å². The highest BCUT2D eigenvalue weighted by molar-refractivity contribution is 5.76. The second-order valence-corrected chi connectivity index (χ2v) is 5.31. The molecule has 0 radical (unpaired) electrons. The number of rotatable bonds is 1. The lowest BCUT2D eigenvalue weighted by atomic mass is 10.0. The summed E-state index contributed by atoms with van der Waals surface area (Å²) < 4.78 is 0. The summed E-state index contributed by atoms with van der Waals surface area (Å²) in [5, 5.41) is 0. The lowest BCUT2D eigenvalue weighted by Gasteiger charge is -2.18. The van der Waals surface area contributed by atoms with Crippen molar-refractivity contribution in [3.8, 4) is 0 Å². The van der Waals surface area contributed by atoms with Crippen molar-refractivity contribution in [2.75, 3.05) is 13.1 Å². The van der Waals surface area contributed by atoms with Gasteiger partial charge in [-0.1, -0.05) is 0 Å². The van der Waals surface area contributed by atoms with Gasteiger partial charge in [0.05, 0.1) is 17.4 Å². The summed E-state index contributed by atoms with van der Waals surface area (Å²) in [6, 6.07) is 5.47. The lowest BCUT2D eigenvalue weighted by molar-refractivity contribution is 0.277. The van der Waals surface area contributed by atoms with Crippen molar-refractivity contribution in [1.82, 2.24) is 14.9 Å². The second kappa shape index (κ2) is 3.57. The van der Waals surface area contributed by atoms with Crippen molar-refractivity contribution >= 4 is 11.0 Å². The third kappa shape index (κ3) is 1.65. The van der Waals surface area contributed by atoms with E-state index < -0.39 is 0 Å². The van der Waals surface area contributed by atoms with Gasteiger partial charge in [-0.25, -0.2) is 4.98 Å². The Balaban J connectivity index is 1.70. The van der Waals surface area contributed by atoms with Crippen molar-refractivity contribution in [3.05, 3.63) is 29.6 Å². The molecule has 4 rings (SSSR count). The van der Waals surface area contributed by atoms with Crippen LogP contribution in [0.4, 0.5) is 0 Å². The van der Waals surface area contributed by atoms with Crippen LogP contribution in [-0.2, 0) is 12.8 Å². The molecule has 2 heterocycles. The number of nitrogens with one attached hydrogen (secondary N) is 1. The largest absolute Gasteiger partial charge is 0.345 e. The van der Waals surface area contributed by atoms with Gasteiger partial charge in [-0.05, 0) is 48.9 Å². The first kappa shape index (κ1) is 9.66. The first-order valence-electron chi connectivity index (χ1n) is 6.59. The number of imidazole rings is 1. The fraction of sp³-hybridized carbons (Fsp3) is 0.500. The Hall–Kier alpha value is -1.35. The average Bonchev–Trinajstić information content (AvgIpc) is 3.09. The molecule has 3 nitrogen and oxygen atoms in total. The van der Waals surface area contributed by atoms with E-state index in [0.717, 1.165) is 11.6 Å². The molecular formula is C14H17N3. The number of aromatic nitrogens is 2. The molecule has 3 heteroatoms. The highest BCUT2D eigenvalue weighted by atomic mass is 15.2. The SMILES string of the molecule is c1nc2cc3c(cc2[nH]1)CCN(C1CC1)CC3. The molecule has 2 aromatic rings. The van der Waals surface area contributed by atoms with Crippen LogP contribution in [-0.4, -0.2) is 34.0 Å². The smallest absolute Gasteiger partial charge is 0.0931 e.